The highest BCUT2D eigenvalue weighted by atomic mass is 16.2. The van der Waals surface area contributed by atoms with E-state index in [4.69, 9.17) is 5.11 Å². The summed E-state index contributed by atoms with van der Waals surface area (Å²) in [6.45, 7) is 0.819. The summed E-state index contributed by atoms with van der Waals surface area (Å²) < 4.78 is 0. The lowest BCUT2D eigenvalue weighted by Gasteiger charge is -2.18. The molecule has 1 aromatic rings. The van der Waals surface area contributed by atoms with Crippen molar-refractivity contribution in [2.24, 2.45) is 0 Å². The lowest BCUT2D eigenvalue weighted by Crippen LogP contribution is -2.38. The predicted molar refractivity (Wildman–Crippen MR) is 71.7 cm³/mol. The molecule has 6 heteroatoms. The Balaban J connectivity index is 2.26. The van der Waals surface area contributed by atoms with Crippen molar-refractivity contribution in [2.45, 2.75) is 6.42 Å². The lowest BCUT2D eigenvalue weighted by atomic mass is 10.1. The maximum atomic E-state index is 12.4. The highest BCUT2D eigenvalue weighted by Crippen LogP contribution is 2.09. The third-order valence-electron chi connectivity index (χ3n) is 2.86. The van der Waals surface area contributed by atoms with E-state index in [0.717, 1.165) is 0 Å². The van der Waals surface area contributed by atoms with E-state index in [2.05, 4.69) is 22.1 Å². The first kappa shape index (κ1) is 14.0. The summed E-state index contributed by atoms with van der Waals surface area (Å²) in [4.78, 5) is 29.5. The number of hydrogen-bond donors (Lipinski definition) is 2. The van der Waals surface area contributed by atoms with Crippen molar-refractivity contribution in [3.63, 3.8) is 0 Å². The smallest absolute Gasteiger partial charge is 0.274 e. The Morgan fingerprint density at radius 3 is 3.20 bits per heavy atom. The monoisotopic (exact) mass is 273 g/mol. The first-order valence-corrected chi connectivity index (χ1v) is 6.33. The van der Waals surface area contributed by atoms with Gasteiger partial charge in [-0.3, -0.25) is 9.59 Å². The van der Waals surface area contributed by atoms with Crippen molar-refractivity contribution >= 4 is 11.8 Å². The average Bonchev–Trinajstić information content (AvgIpc) is 2.69. The van der Waals surface area contributed by atoms with Gasteiger partial charge < -0.3 is 15.3 Å². The summed E-state index contributed by atoms with van der Waals surface area (Å²) in [5.74, 6) is 4.71. The second-order valence-corrected chi connectivity index (χ2v) is 4.29. The molecule has 1 aliphatic rings. The Kier molecular flexibility index (Phi) is 4.69. The Labute approximate surface area is 116 Å². The largest absolute Gasteiger partial charge is 0.384 e. The highest BCUT2D eigenvalue weighted by Gasteiger charge is 2.23. The maximum absolute atomic E-state index is 12.4. The van der Waals surface area contributed by atoms with E-state index in [1.165, 1.54) is 11.1 Å². The van der Waals surface area contributed by atoms with Crippen molar-refractivity contribution in [3.05, 3.63) is 29.6 Å². The van der Waals surface area contributed by atoms with Crippen molar-refractivity contribution in [1.82, 2.24) is 15.2 Å². The van der Waals surface area contributed by atoms with Crippen molar-refractivity contribution < 1.29 is 14.7 Å². The minimum atomic E-state index is -0.315. The van der Waals surface area contributed by atoms with E-state index < -0.39 is 0 Å². The van der Waals surface area contributed by atoms with Gasteiger partial charge in [0.15, 0.2) is 0 Å². The number of hydrogen-bond acceptors (Lipinski definition) is 4. The maximum Gasteiger partial charge on any atom is 0.274 e. The summed E-state index contributed by atoms with van der Waals surface area (Å²) in [5, 5.41) is 11.5. The van der Waals surface area contributed by atoms with Crippen molar-refractivity contribution in [1.29, 1.82) is 0 Å². The second-order valence-electron chi connectivity index (χ2n) is 4.29. The molecular weight excluding hydrogens is 258 g/mol. The number of aliphatic hydroxyl groups excluding tert-OH is 1. The van der Waals surface area contributed by atoms with E-state index >= 15 is 0 Å². The Bertz CT molecular complexity index is 575. The van der Waals surface area contributed by atoms with Crippen LogP contribution in [0.25, 0.3) is 0 Å². The number of rotatable bonds is 1. The molecule has 104 valence electrons. The van der Waals surface area contributed by atoms with Crippen LogP contribution in [0.3, 0.4) is 0 Å². The first-order chi connectivity index (χ1) is 9.72. The summed E-state index contributed by atoms with van der Waals surface area (Å²) in [6, 6.07) is 3.34. The third-order valence-corrected chi connectivity index (χ3v) is 2.86. The van der Waals surface area contributed by atoms with Gasteiger partial charge in [0, 0.05) is 19.3 Å². The second kappa shape index (κ2) is 6.68. The van der Waals surface area contributed by atoms with Crippen LogP contribution in [0.5, 0.6) is 0 Å². The number of pyridine rings is 1. The first-order valence-electron chi connectivity index (χ1n) is 6.33. The molecule has 1 aromatic heterocycles. The number of aliphatic hydroxyl groups is 1. The number of aromatic nitrogens is 1. The van der Waals surface area contributed by atoms with Gasteiger partial charge in [0.25, 0.3) is 5.91 Å². The van der Waals surface area contributed by atoms with Crippen LogP contribution < -0.4 is 5.32 Å². The average molecular weight is 273 g/mol. The SMILES string of the molecule is O=C1CN(C(=O)c2ncccc2C#CCO)CCCN1. The summed E-state index contributed by atoms with van der Waals surface area (Å²) in [7, 11) is 0. The highest BCUT2D eigenvalue weighted by molar-refractivity contribution is 5.97. The lowest BCUT2D eigenvalue weighted by molar-refractivity contribution is -0.121. The molecule has 2 heterocycles. The van der Waals surface area contributed by atoms with Crippen molar-refractivity contribution in [3.8, 4) is 11.8 Å². The van der Waals surface area contributed by atoms with Crippen LogP contribution in [0.2, 0.25) is 0 Å². The molecule has 0 bridgehead atoms. The zero-order valence-corrected chi connectivity index (χ0v) is 10.9. The quantitative estimate of drug-likeness (QED) is 0.669. The van der Waals surface area contributed by atoms with Gasteiger partial charge in [0.05, 0.1) is 12.1 Å². The number of carbonyl (C=O) groups excluding carboxylic acids is 2. The fraction of sp³-hybridized carbons (Fsp3) is 0.357. The van der Waals surface area contributed by atoms with Gasteiger partial charge >= 0.3 is 0 Å². The van der Waals surface area contributed by atoms with E-state index in [-0.39, 0.29) is 30.7 Å². The number of nitrogens with zero attached hydrogens (tertiary/aromatic N) is 2. The van der Waals surface area contributed by atoms with Crippen LogP contribution in [0.4, 0.5) is 0 Å². The Hall–Kier alpha value is -2.39. The minimum Gasteiger partial charge on any atom is -0.384 e. The van der Waals surface area contributed by atoms with Crippen LogP contribution in [-0.2, 0) is 4.79 Å². The molecule has 6 nitrogen and oxygen atoms in total. The summed E-state index contributed by atoms with van der Waals surface area (Å²) in [6.07, 6.45) is 2.22. The van der Waals surface area contributed by atoms with Gasteiger partial charge in [-0.05, 0) is 18.6 Å². The fourth-order valence-corrected chi connectivity index (χ4v) is 1.94. The zero-order valence-electron chi connectivity index (χ0n) is 10.9. The molecule has 0 saturated carbocycles. The van der Waals surface area contributed by atoms with Gasteiger partial charge in [0.1, 0.15) is 12.3 Å². The van der Waals surface area contributed by atoms with E-state index in [0.29, 0.717) is 25.1 Å². The molecule has 0 aromatic carbocycles. The minimum absolute atomic E-state index is 0.0300. The van der Waals surface area contributed by atoms with Gasteiger partial charge in [-0.2, -0.15) is 0 Å². The number of nitrogens with one attached hydrogen (secondary N) is 1. The fourth-order valence-electron chi connectivity index (χ4n) is 1.94. The normalized spacial score (nSPS) is 14.8. The molecule has 20 heavy (non-hydrogen) atoms. The number of carbonyl (C=O) groups is 2. The van der Waals surface area contributed by atoms with E-state index in [1.807, 2.05) is 0 Å². The van der Waals surface area contributed by atoms with Crippen LogP contribution >= 0.6 is 0 Å². The molecule has 1 saturated heterocycles. The summed E-state index contributed by atoms with van der Waals surface area (Å²) >= 11 is 0. The van der Waals surface area contributed by atoms with Gasteiger partial charge in [-0.25, -0.2) is 4.98 Å². The molecule has 1 fully saturated rings. The van der Waals surface area contributed by atoms with Crippen LogP contribution in [0.1, 0.15) is 22.5 Å². The molecule has 1 aliphatic heterocycles. The topological polar surface area (TPSA) is 82.5 Å². The Morgan fingerprint density at radius 1 is 1.55 bits per heavy atom. The van der Waals surface area contributed by atoms with Crippen molar-refractivity contribution in [2.75, 3.05) is 26.2 Å². The molecule has 0 aliphatic carbocycles. The van der Waals surface area contributed by atoms with Gasteiger partial charge in [-0.15, -0.1) is 0 Å². The molecule has 0 unspecified atom stereocenters. The standard InChI is InChI=1S/C14H15N3O3/c18-9-2-5-11-4-1-6-16-13(11)14(20)17-8-3-7-15-12(19)10-17/h1,4,6,18H,3,7-10H2,(H,15,19). The van der Waals surface area contributed by atoms with Crippen LogP contribution in [0.15, 0.2) is 18.3 Å². The molecule has 0 atom stereocenters. The van der Waals surface area contributed by atoms with E-state index in [1.54, 1.807) is 12.1 Å². The molecule has 2 rings (SSSR count). The molecular formula is C14H15N3O3. The van der Waals surface area contributed by atoms with Gasteiger partial charge in [0.2, 0.25) is 5.91 Å². The molecule has 2 N–H and O–H groups in total. The van der Waals surface area contributed by atoms with Crippen LogP contribution in [0, 0.1) is 11.8 Å². The molecule has 0 spiro atoms. The molecule has 2 amide bonds. The zero-order chi connectivity index (χ0) is 14.4. The third kappa shape index (κ3) is 3.33. The Morgan fingerprint density at radius 2 is 2.40 bits per heavy atom. The van der Waals surface area contributed by atoms with Crippen LogP contribution in [-0.4, -0.2) is 53.0 Å². The number of amides is 2. The summed E-state index contributed by atoms with van der Waals surface area (Å²) in [5.41, 5.74) is 0.666. The van der Waals surface area contributed by atoms with Gasteiger partial charge in [-0.1, -0.05) is 11.8 Å². The van der Waals surface area contributed by atoms with E-state index in [9.17, 15) is 9.59 Å². The molecule has 0 radical (unpaired) electrons. The predicted octanol–water partition coefficient (Wildman–Crippen LogP) is -0.613.